The second kappa shape index (κ2) is 35.4. The topological polar surface area (TPSA) is 283 Å². The number of imide groups is 1. The Morgan fingerprint density at radius 2 is 0.663 bits per heavy atom. The highest BCUT2D eigenvalue weighted by Gasteiger charge is 2.41. The fourth-order valence-electron chi connectivity index (χ4n) is 11.0. The largest absolute Gasteiger partial charge is 0.444 e. The Hall–Kier alpha value is -4.71. The predicted octanol–water partition coefficient (Wildman–Crippen LogP) is 2.46. The van der Waals surface area contributed by atoms with Crippen molar-refractivity contribution in [2.45, 2.75) is 130 Å². The summed E-state index contributed by atoms with van der Waals surface area (Å²) in [7, 11) is 0. The molecule has 1 aromatic rings. The van der Waals surface area contributed by atoms with E-state index in [2.05, 4.69) is 31.1 Å². The van der Waals surface area contributed by atoms with Crippen molar-refractivity contribution < 1.29 is 57.9 Å². The van der Waals surface area contributed by atoms with Gasteiger partial charge < -0.3 is 75.8 Å². The Morgan fingerprint density at radius 1 is 0.416 bits per heavy atom. The summed E-state index contributed by atoms with van der Waals surface area (Å²) in [4.78, 5) is 97.0. The molecule has 5 aliphatic rings. The van der Waals surface area contributed by atoms with Gasteiger partial charge in [0.15, 0.2) is 0 Å². The second-order valence-corrected chi connectivity index (χ2v) is 28.0. The van der Waals surface area contributed by atoms with Gasteiger partial charge in [0.25, 0.3) is 11.8 Å². The van der Waals surface area contributed by atoms with Crippen LogP contribution in [0.15, 0.2) is 24.3 Å². The zero-order chi connectivity index (χ0) is 64.9. The molecular formula is C62H113ClN14O12. The van der Waals surface area contributed by atoms with E-state index < -0.39 is 69.8 Å². The normalized spacial score (nSPS) is 19.7. The van der Waals surface area contributed by atoms with Crippen LogP contribution in [0.4, 0.5) is 19.2 Å². The maximum absolute atomic E-state index is 13.5. The molecular weight excluding hydrogens is 1170 g/mol. The number of carbonyl (C=O) groups is 6. The molecule has 0 radical (unpaired) electrons. The number of fused-ring (bicyclic) bond motifs is 1. The maximum atomic E-state index is 13.5. The van der Waals surface area contributed by atoms with Gasteiger partial charge in [0, 0.05) is 190 Å². The number of hydrogen-bond donors (Lipinski definition) is 7. The lowest BCUT2D eigenvalue weighted by atomic mass is 9.96. The van der Waals surface area contributed by atoms with Crippen LogP contribution < -0.4 is 27.0 Å². The highest BCUT2D eigenvalue weighted by Crippen LogP contribution is 2.26. The summed E-state index contributed by atoms with van der Waals surface area (Å²) in [6, 6.07) is 6.60. The molecule has 0 aliphatic carbocycles. The minimum atomic E-state index is -1.63. The Kier molecular flexibility index (Phi) is 30.5. The molecule has 89 heavy (non-hydrogen) atoms. The molecule has 4 saturated heterocycles. The molecule has 1 aromatic carbocycles. The SMILES string of the molecule is CC(C)(C)OC(=O)N1CCN(CC(O)(CCN2C(=O)c3ccccc3C2=O)CN2CCN(C(=O)OC(C)(C)C)CCN(C(=O)OC(C)(C)C)CC2)CCN(C(=O)OC(C)(C)C)CC1.Cl.NCCC(O)(CN1CCNCCNCC1)CN1CCNCCNCC1. The van der Waals surface area contributed by atoms with E-state index in [0.29, 0.717) is 37.2 Å². The molecule has 0 saturated carbocycles. The van der Waals surface area contributed by atoms with Crippen LogP contribution in [0.2, 0.25) is 0 Å². The van der Waals surface area contributed by atoms with E-state index in [0.717, 1.165) is 83.4 Å². The van der Waals surface area contributed by atoms with Gasteiger partial charge in [-0.2, -0.15) is 0 Å². The number of carbonyl (C=O) groups excluding carboxylic acids is 6. The first-order valence-electron chi connectivity index (χ1n) is 32.0. The third-order valence-corrected chi connectivity index (χ3v) is 15.4. The average Bonchev–Trinajstić information content (AvgIpc) is 1.94. The zero-order valence-electron chi connectivity index (χ0n) is 55.9. The lowest BCUT2D eigenvalue weighted by Crippen LogP contribution is -2.55. The Labute approximate surface area is 536 Å². The summed E-state index contributed by atoms with van der Waals surface area (Å²) < 4.78 is 23.0. The zero-order valence-corrected chi connectivity index (χ0v) is 56.7. The number of amides is 6. The van der Waals surface area contributed by atoms with Crippen LogP contribution >= 0.6 is 12.4 Å². The second-order valence-electron chi connectivity index (χ2n) is 28.0. The third kappa shape index (κ3) is 28.0. The molecule has 6 amide bonds. The van der Waals surface area contributed by atoms with Gasteiger partial charge in [-0.1, -0.05) is 12.1 Å². The van der Waals surface area contributed by atoms with Crippen LogP contribution in [0.3, 0.4) is 0 Å². The lowest BCUT2D eigenvalue weighted by molar-refractivity contribution is -0.0376. The maximum Gasteiger partial charge on any atom is 0.410 e. The fraction of sp³-hybridized carbons (Fsp3) is 0.806. The first kappa shape index (κ1) is 76.7. The number of benzene rings is 1. The van der Waals surface area contributed by atoms with Crippen LogP contribution in [0.25, 0.3) is 0 Å². The number of halogens is 1. The average molecular weight is 1280 g/mol. The molecule has 0 unspecified atom stereocenters. The van der Waals surface area contributed by atoms with Crippen molar-refractivity contribution in [1.29, 1.82) is 0 Å². The summed E-state index contributed by atoms with van der Waals surface area (Å²) in [5.41, 5.74) is 0.962. The molecule has 0 atom stereocenters. The van der Waals surface area contributed by atoms with Crippen LogP contribution in [-0.2, 0) is 18.9 Å². The number of rotatable bonds is 13. The van der Waals surface area contributed by atoms with Gasteiger partial charge in [-0.15, -0.1) is 12.4 Å². The molecule has 5 heterocycles. The van der Waals surface area contributed by atoms with Crippen molar-refractivity contribution in [3.05, 3.63) is 35.4 Å². The fourth-order valence-corrected chi connectivity index (χ4v) is 11.0. The van der Waals surface area contributed by atoms with Crippen molar-refractivity contribution in [1.82, 2.24) is 65.4 Å². The molecule has 0 aromatic heterocycles. The van der Waals surface area contributed by atoms with Crippen LogP contribution in [-0.4, -0.2) is 320 Å². The number of ether oxygens (including phenoxy) is 4. The molecule has 4 fully saturated rings. The van der Waals surface area contributed by atoms with E-state index in [-0.39, 0.29) is 117 Å². The minimum absolute atomic E-state index is 0. The van der Waals surface area contributed by atoms with E-state index in [1.165, 1.54) is 19.6 Å². The summed E-state index contributed by atoms with van der Waals surface area (Å²) in [6.45, 7) is 37.7. The Balaban J connectivity index is 0.000000542. The van der Waals surface area contributed by atoms with Gasteiger partial charge in [-0.3, -0.25) is 34.1 Å². The standard InChI is InChI=1S/C45H73N7O11.C17H39N7O.ClH/c1-41(2,3)60-37(55)48-23-19-46(20-24-49(28-27-48)38(56)61-42(4,5)6)31-45(59,17-18-52-35(53)33-15-13-14-16-34(33)36(52)54)32-47-21-25-50(39(57)62-43(7,8)9)29-30-51(26-22-47)40(58)63-44(10,11)12;18-2-1-17(25,15-23-11-7-19-3-4-20-8-12-23)16-24-13-9-21-5-6-22-10-14-24;/h13-16,59H,17-32H2,1-12H3;19-22,25H,1-16,18H2;1H. The molecule has 26 nitrogen and oxygen atoms in total. The van der Waals surface area contributed by atoms with Crippen molar-refractivity contribution in [3.63, 3.8) is 0 Å². The van der Waals surface area contributed by atoms with Crippen molar-refractivity contribution in [2.24, 2.45) is 5.73 Å². The van der Waals surface area contributed by atoms with Crippen molar-refractivity contribution >= 4 is 48.6 Å². The number of nitrogens with zero attached hydrogens (tertiary/aromatic N) is 9. The summed E-state index contributed by atoms with van der Waals surface area (Å²) in [6.07, 6.45) is -1.58. The van der Waals surface area contributed by atoms with Crippen molar-refractivity contribution in [3.8, 4) is 0 Å². The number of nitrogens with one attached hydrogen (secondary N) is 4. The summed E-state index contributed by atoms with van der Waals surface area (Å²) in [5.74, 6) is -0.907. The predicted molar refractivity (Wildman–Crippen MR) is 346 cm³/mol. The molecule has 8 N–H and O–H groups in total. The van der Waals surface area contributed by atoms with E-state index >= 15 is 0 Å². The van der Waals surface area contributed by atoms with E-state index in [4.69, 9.17) is 24.7 Å². The smallest absolute Gasteiger partial charge is 0.410 e. The molecule has 0 bridgehead atoms. The van der Waals surface area contributed by atoms with Gasteiger partial charge in [-0.25, -0.2) is 19.2 Å². The van der Waals surface area contributed by atoms with Crippen LogP contribution in [0.1, 0.15) is 117 Å². The molecule has 510 valence electrons. The van der Waals surface area contributed by atoms with Crippen LogP contribution in [0.5, 0.6) is 0 Å². The molecule has 5 aliphatic heterocycles. The molecule has 27 heteroatoms. The number of hydrogen-bond acceptors (Lipinski definition) is 21. The lowest BCUT2D eigenvalue weighted by Gasteiger charge is -2.39. The van der Waals surface area contributed by atoms with Gasteiger partial charge in [-0.05, 0) is 115 Å². The number of β-amino-alcohol motifs (C(OH)–C–C–N with tert-alkyl or cyclic N) is 2. The minimum Gasteiger partial charge on any atom is -0.444 e. The number of aliphatic hydroxyl groups is 2. The van der Waals surface area contributed by atoms with Gasteiger partial charge in [0.1, 0.15) is 22.4 Å². The van der Waals surface area contributed by atoms with Gasteiger partial charge in [0.2, 0.25) is 0 Å². The van der Waals surface area contributed by atoms with Gasteiger partial charge >= 0.3 is 24.4 Å². The monoisotopic (exact) mass is 1280 g/mol. The van der Waals surface area contributed by atoms with E-state index in [9.17, 15) is 39.0 Å². The van der Waals surface area contributed by atoms with Crippen molar-refractivity contribution in [2.75, 3.05) is 196 Å². The van der Waals surface area contributed by atoms with Crippen LogP contribution in [0, 0.1) is 0 Å². The van der Waals surface area contributed by atoms with E-state index in [1.54, 1.807) is 107 Å². The molecule has 0 spiro atoms. The Bertz CT molecular complexity index is 2140. The Morgan fingerprint density at radius 3 is 0.921 bits per heavy atom. The number of nitrogens with two attached hydrogens (primary N) is 1. The first-order valence-corrected chi connectivity index (χ1v) is 32.0. The van der Waals surface area contributed by atoms with E-state index in [1.807, 2.05) is 9.80 Å². The first-order chi connectivity index (χ1) is 41.2. The molecule has 6 rings (SSSR count). The quantitative estimate of drug-likeness (QED) is 0.110. The van der Waals surface area contributed by atoms with Gasteiger partial charge in [0.05, 0.1) is 22.3 Å². The highest BCUT2D eigenvalue weighted by molar-refractivity contribution is 6.21. The highest BCUT2D eigenvalue weighted by atomic mass is 35.5. The third-order valence-electron chi connectivity index (χ3n) is 15.4. The summed E-state index contributed by atoms with van der Waals surface area (Å²) in [5, 5.41) is 38.1. The summed E-state index contributed by atoms with van der Waals surface area (Å²) >= 11 is 0.